The largest absolute Gasteiger partial charge is 0.466 e. The summed E-state index contributed by atoms with van der Waals surface area (Å²) in [6.07, 6.45) is 3.99. The zero-order valence-corrected chi connectivity index (χ0v) is 7.84. The van der Waals surface area contributed by atoms with Gasteiger partial charge in [0.15, 0.2) is 0 Å². The summed E-state index contributed by atoms with van der Waals surface area (Å²) in [7, 11) is 0. The summed E-state index contributed by atoms with van der Waals surface area (Å²) in [6.45, 7) is 4.34. The van der Waals surface area contributed by atoms with Crippen LogP contribution < -0.4 is 0 Å². The van der Waals surface area contributed by atoms with Gasteiger partial charge in [-0.1, -0.05) is 6.92 Å². The molecule has 0 aromatic carbocycles. The highest BCUT2D eigenvalue weighted by Crippen LogP contribution is 2.38. The maximum absolute atomic E-state index is 5.62. The second-order valence-corrected chi connectivity index (χ2v) is 4.06. The van der Waals surface area contributed by atoms with Crippen LogP contribution >= 0.6 is 0 Å². The van der Waals surface area contributed by atoms with E-state index < -0.39 is 0 Å². The Hall–Kier alpha value is -0.720. The van der Waals surface area contributed by atoms with Crippen LogP contribution in [0.2, 0.25) is 0 Å². The van der Waals surface area contributed by atoms with Gasteiger partial charge < -0.3 is 4.42 Å². The van der Waals surface area contributed by atoms with Crippen LogP contribution in [0.5, 0.6) is 0 Å². The average Bonchev–Trinajstić information content (AvgIpc) is 2.58. The van der Waals surface area contributed by atoms with E-state index in [0.717, 1.165) is 11.7 Å². The minimum absolute atomic E-state index is 0.702. The van der Waals surface area contributed by atoms with E-state index in [0.29, 0.717) is 5.92 Å². The molecule has 0 amide bonds. The van der Waals surface area contributed by atoms with Gasteiger partial charge in [-0.25, -0.2) is 0 Å². The first-order valence-electron chi connectivity index (χ1n) is 4.82. The molecule has 66 valence electrons. The molecule has 1 aromatic rings. The molecule has 0 N–H and O–H groups in total. The lowest BCUT2D eigenvalue weighted by Gasteiger charge is -2.04. The SMILES string of the molecule is Cc1ccc([C@H]2CC[C@@H](C)C2)o1. The van der Waals surface area contributed by atoms with Gasteiger partial charge in [-0.3, -0.25) is 0 Å². The summed E-state index contributed by atoms with van der Waals surface area (Å²) >= 11 is 0. The Bertz CT molecular complexity index is 262. The molecule has 1 fully saturated rings. The lowest BCUT2D eigenvalue weighted by molar-refractivity contribution is 0.439. The van der Waals surface area contributed by atoms with E-state index in [4.69, 9.17) is 4.42 Å². The van der Waals surface area contributed by atoms with Crippen LogP contribution in [0.4, 0.5) is 0 Å². The zero-order valence-electron chi connectivity index (χ0n) is 7.84. The molecular weight excluding hydrogens is 148 g/mol. The van der Waals surface area contributed by atoms with Crippen molar-refractivity contribution < 1.29 is 4.42 Å². The molecule has 0 spiro atoms. The molecule has 2 atom stereocenters. The topological polar surface area (TPSA) is 13.1 Å². The predicted octanol–water partition coefficient (Wildman–Crippen LogP) is 3.49. The van der Waals surface area contributed by atoms with E-state index in [1.807, 2.05) is 6.92 Å². The molecule has 1 aliphatic carbocycles. The molecule has 1 heteroatoms. The predicted molar refractivity (Wildman–Crippen MR) is 49.2 cm³/mol. The summed E-state index contributed by atoms with van der Waals surface area (Å²) in [6, 6.07) is 4.20. The quantitative estimate of drug-likeness (QED) is 0.619. The lowest BCUT2D eigenvalue weighted by atomic mass is 10.0. The molecule has 0 aliphatic heterocycles. The van der Waals surface area contributed by atoms with Crippen LogP contribution in [0.15, 0.2) is 16.5 Å². The number of hydrogen-bond donors (Lipinski definition) is 0. The van der Waals surface area contributed by atoms with E-state index in [-0.39, 0.29) is 0 Å². The fourth-order valence-corrected chi connectivity index (χ4v) is 2.14. The Morgan fingerprint density at radius 3 is 2.67 bits per heavy atom. The molecule has 2 rings (SSSR count). The van der Waals surface area contributed by atoms with Gasteiger partial charge in [0, 0.05) is 5.92 Å². The van der Waals surface area contributed by atoms with Crippen molar-refractivity contribution in [2.24, 2.45) is 5.92 Å². The Morgan fingerprint density at radius 2 is 2.17 bits per heavy atom. The fraction of sp³-hybridized carbons (Fsp3) is 0.636. The summed E-state index contributed by atoms with van der Waals surface area (Å²) in [5.41, 5.74) is 0. The van der Waals surface area contributed by atoms with E-state index in [9.17, 15) is 0 Å². The maximum atomic E-state index is 5.62. The Morgan fingerprint density at radius 1 is 1.33 bits per heavy atom. The highest BCUT2D eigenvalue weighted by Gasteiger charge is 2.24. The van der Waals surface area contributed by atoms with Gasteiger partial charge in [0.05, 0.1) is 0 Å². The van der Waals surface area contributed by atoms with E-state index >= 15 is 0 Å². The normalized spacial score (nSPS) is 29.5. The van der Waals surface area contributed by atoms with Crippen molar-refractivity contribution in [2.45, 2.75) is 39.0 Å². The standard InChI is InChI=1S/C11H16O/c1-8-3-5-10(7-8)11-6-4-9(2)12-11/h4,6,8,10H,3,5,7H2,1-2H3/t8-,10+/m1/s1. The second kappa shape index (κ2) is 2.96. The number of aryl methyl sites for hydroxylation is 1. The summed E-state index contributed by atoms with van der Waals surface area (Å²) in [4.78, 5) is 0. The van der Waals surface area contributed by atoms with Gasteiger partial charge in [-0.2, -0.15) is 0 Å². The number of furan rings is 1. The van der Waals surface area contributed by atoms with Gasteiger partial charge in [0.25, 0.3) is 0 Å². The first-order valence-corrected chi connectivity index (χ1v) is 4.82. The molecule has 1 aliphatic rings. The minimum atomic E-state index is 0.702. The van der Waals surface area contributed by atoms with Crippen molar-refractivity contribution >= 4 is 0 Å². The van der Waals surface area contributed by atoms with Gasteiger partial charge in [-0.05, 0) is 44.2 Å². The van der Waals surface area contributed by atoms with E-state index in [1.165, 1.54) is 25.0 Å². The van der Waals surface area contributed by atoms with Crippen LogP contribution in [0.3, 0.4) is 0 Å². The Labute approximate surface area is 73.8 Å². The molecule has 1 aromatic heterocycles. The molecule has 1 heterocycles. The number of hydrogen-bond acceptors (Lipinski definition) is 1. The molecule has 1 nitrogen and oxygen atoms in total. The van der Waals surface area contributed by atoms with Gasteiger partial charge in [0.1, 0.15) is 11.5 Å². The van der Waals surface area contributed by atoms with Crippen molar-refractivity contribution in [1.29, 1.82) is 0 Å². The van der Waals surface area contributed by atoms with Crippen molar-refractivity contribution in [1.82, 2.24) is 0 Å². The maximum Gasteiger partial charge on any atom is 0.107 e. The third kappa shape index (κ3) is 1.40. The minimum Gasteiger partial charge on any atom is -0.466 e. The zero-order chi connectivity index (χ0) is 8.55. The molecule has 0 saturated heterocycles. The van der Waals surface area contributed by atoms with Crippen molar-refractivity contribution in [2.75, 3.05) is 0 Å². The molecule has 0 unspecified atom stereocenters. The second-order valence-electron chi connectivity index (χ2n) is 4.06. The number of rotatable bonds is 1. The van der Waals surface area contributed by atoms with Crippen LogP contribution in [0.25, 0.3) is 0 Å². The third-order valence-electron chi connectivity index (χ3n) is 2.86. The molecule has 0 radical (unpaired) electrons. The van der Waals surface area contributed by atoms with Crippen LogP contribution in [0.1, 0.15) is 43.6 Å². The van der Waals surface area contributed by atoms with E-state index in [2.05, 4.69) is 19.1 Å². The molecule has 0 bridgehead atoms. The smallest absolute Gasteiger partial charge is 0.107 e. The van der Waals surface area contributed by atoms with Crippen LogP contribution in [-0.2, 0) is 0 Å². The van der Waals surface area contributed by atoms with Gasteiger partial charge in [0.2, 0.25) is 0 Å². The first kappa shape index (κ1) is 7.90. The summed E-state index contributed by atoms with van der Waals surface area (Å²) in [5, 5.41) is 0. The third-order valence-corrected chi connectivity index (χ3v) is 2.86. The summed E-state index contributed by atoms with van der Waals surface area (Å²) in [5.74, 6) is 3.84. The molecule has 1 saturated carbocycles. The molecule has 12 heavy (non-hydrogen) atoms. The highest BCUT2D eigenvalue weighted by molar-refractivity contribution is 5.11. The first-order chi connectivity index (χ1) is 5.75. The van der Waals surface area contributed by atoms with Crippen molar-refractivity contribution in [3.63, 3.8) is 0 Å². The lowest BCUT2D eigenvalue weighted by Crippen LogP contribution is -1.90. The Kier molecular flexibility index (Phi) is 1.95. The molecular formula is C11H16O. The monoisotopic (exact) mass is 164 g/mol. The van der Waals surface area contributed by atoms with Crippen molar-refractivity contribution in [3.8, 4) is 0 Å². The van der Waals surface area contributed by atoms with Crippen molar-refractivity contribution in [3.05, 3.63) is 23.7 Å². The van der Waals surface area contributed by atoms with Crippen LogP contribution in [0, 0.1) is 12.8 Å². The summed E-state index contributed by atoms with van der Waals surface area (Å²) < 4.78 is 5.62. The van der Waals surface area contributed by atoms with Gasteiger partial charge >= 0.3 is 0 Å². The Balaban J connectivity index is 2.11. The average molecular weight is 164 g/mol. The fourth-order valence-electron chi connectivity index (χ4n) is 2.14. The highest BCUT2D eigenvalue weighted by atomic mass is 16.3. The van der Waals surface area contributed by atoms with E-state index in [1.54, 1.807) is 0 Å². The van der Waals surface area contributed by atoms with Gasteiger partial charge in [-0.15, -0.1) is 0 Å². The van der Waals surface area contributed by atoms with Crippen LogP contribution in [-0.4, -0.2) is 0 Å².